The van der Waals surface area contributed by atoms with Crippen molar-refractivity contribution in [3.63, 3.8) is 0 Å². The molecule has 6 heteroatoms. The van der Waals surface area contributed by atoms with E-state index >= 15 is 0 Å². The number of hydrogen-bond donors (Lipinski definition) is 1. The van der Waals surface area contributed by atoms with Crippen molar-refractivity contribution in [2.24, 2.45) is 0 Å². The topological polar surface area (TPSA) is 51.2 Å². The first-order chi connectivity index (χ1) is 10.4. The third-order valence-electron chi connectivity index (χ3n) is 3.34. The maximum Gasteiger partial charge on any atom is 0.254 e. The number of methoxy groups -OCH3 is 1. The van der Waals surface area contributed by atoms with Crippen molar-refractivity contribution in [2.45, 2.75) is 20.4 Å². The molecule has 0 bridgehead atoms. The summed E-state index contributed by atoms with van der Waals surface area (Å²) in [6, 6.07) is 2.74. The molecule has 0 saturated carbocycles. The van der Waals surface area contributed by atoms with Crippen molar-refractivity contribution in [1.82, 2.24) is 10.3 Å². The largest absolute Gasteiger partial charge is 0.496 e. The maximum absolute atomic E-state index is 13.5. The van der Waals surface area contributed by atoms with Crippen molar-refractivity contribution in [3.05, 3.63) is 58.4 Å². The Morgan fingerprint density at radius 2 is 2.05 bits per heavy atom. The van der Waals surface area contributed by atoms with E-state index in [0.29, 0.717) is 11.4 Å². The van der Waals surface area contributed by atoms with Crippen LogP contribution in [0.5, 0.6) is 5.75 Å². The van der Waals surface area contributed by atoms with Crippen LogP contribution in [0.3, 0.4) is 0 Å². The lowest BCUT2D eigenvalue weighted by atomic mass is 10.1. The van der Waals surface area contributed by atoms with Gasteiger partial charge < -0.3 is 10.1 Å². The van der Waals surface area contributed by atoms with Crippen molar-refractivity contribution in [1.29, 1.82) is 0 Å². The molecule has 22 heavy (non-hydrogen) atoms. The molecule has 0 unspecified atom stereocenters. The zero-order valence-corrected chi connectivity index (χ0v) is 12.5. The first kappa shape index (κ1) is 15.9. The van der Waals surface area contributed by atoms with Crippen LogP contribution < -0.4 is 10.1 Å². The summed E-state index contributed by atoms with van der Waals surface area (Å²) in [5.41, 5.74) is 1.94. The maximum atomic E-state index is 13.5. The van der Waals surface area contributed by atoms with Crippen LogP contribution in [0.2, 0.25) is 0 Å². The second-order valence-electron chi connectivity index (χ2n) is 4.85. The van der Waals surface area contributed by atoms with Gasteiger partial charge in [0.25, 0.3) is 5.91 Å². The number of aryl methyl sites for hydroxylation is 1. The van der Waals surface area contributed by atoms with Crippen LogP contribution in [0.15, 0.2) is 24.4 Å². The van der Waals surface area contributed by atoms with E-state index in [1.807, 2.05) is 13.8 Å². The van der Waals surface area contributed by atoms with Gasteiger partial charge in [0.1, 0.15) is 17.4 Å². The van der Waals surface area contributed by atoms with Crippen LogP contribution in [-0.4, -0.2) is 18.0 Å². The summed E-state index contributed by atoms with van der Waals surface area (Å²) in [5.74, 6) is -1.45. The second-order valence-corrected chi connectivity index (χ2v) is 4.85. The van der Waals surface area contributed by atoms with Gasteiger partial charge in [-0.1, -0.05) is 0 Å². The van der Waals surface area contributed by atoms with E-state index < -0.39 is 17.5 Å². The molecule has 0 atom stereocenters. The third-order valence-corrected chi connectivity index (χ3v) is 3.34. The highest BCUT2D eigenvalue weighted by atomic mass is 19.1. The van der Waals surface area contributed by atoms with Crippen LogP contribution in [0.4, 0.5) is 8.78 Å². The lowest BCUT2D eigenvalue weighted by Crippen LogP contribution is -2.25. The average molecular weight is 306 g/mol. The van der Waals surface area contributed by atoms with E-state index in [1.54, 1.807) is 13.3 Å². The quantitative estimate of drug-likeness (QED) is 0.945. The van der Waals surface area contributed by atoms with Crippen LogP contribution in [0, 0.1) is 25.5 Å². The van der Waals surface area contributed by atoms with Gasteiger partial charge >= 0.3 is 0 Å². The first-order valence-corrected chi connectivity index (χ1v) is 6.66. The number of benzene rings is 1. The lowest BCUT2D eigenvalue weighted by Gasteiger charge is -2.13. The van der Waals surface area contributed by atoms with Crippen molar-refractivity contribution >= 4 is 5.91 Å². The van der Waals surface area contributed by atoms with Gasteiger partial charge in [0, 0.05) is 17.3 Å². The number of ether oxygens (including phenoxy) is 1. The Morgan fingerprint density at radius 3 is 2.73 bits per heavy atom. The molecule has 1 aromatic carbocycles. The molecule has 2 rings (SSSR count). The summed E-state index contributed by atoms with van der Waals surface area (Å²) in [6.07, 6.45) is 1.64. The molecule has 4 nitrogen and oxygen atoms in total. The SMILES string of the molecule is COc1c(C)cnc(CNC(=O)c2cc(F)ccc2F)c1C. The third kappa shape index (κ3) is 3.21. The normalized spacial score (nSPS) is 10.4. The van der Waals surface area contributed by atoms with Crippen molar-refractivity contribution in [3.8, 4) is 5.75 Å². The average Bonchev–Trinajstić information content (AvgIpc) is 2.49. The Bertz CT molecular complexity index is 718. The Kier molecular flexibility index (Phi) is 4.70. The summed E-state index contributed by atoms with van der Waals surface area (Å²) < 4.78 is 31.9. The van der Waals surface area contributed by atoms with Gasteiger partial charge in [-0.15, -0.1) is 0 Å². The minimum Gasteiger partial charge on any atom is -0.496 e. The molecular formula is C16H16F2N2O2. The molecule has 0 aliphatic rings. The van der Waals surface area contributed by atoms with E-state index in [-0.39, 0.29) is 12.1 Å². The molecule has 0 saturated heterocycles. The van der Waals surface area contributed by atoms with Gasteiger partial charge in [-0.2, -0.15) is 0 Å². The molecule has 0 spiro atoms. The number of nitrogens with one attached hydrogen (secondary N) is 1. The number of rotatable bonds is 4. The van der Waals surface area contributed by atoms with E-state index in [0.717, 1.165) is 29.3 Å². The number of aromatic nitrogens is 1. The molecule has 0 radical (unpaired) electrons. The Hall–Kier alpha value is -2.50. The molecule has 0 aliphatic carbocycles. The lowest BCUT2D eigenvalue weighted by molar-refractivity contribution is 0.0945. The zero-order valence-electron chi connectivity index (χ0n) is 12.5. The molecule has 1 aromatic heterocycles. The highest BCUT2D eigenvalue weighted by molar-refractivity contribution is 5.94. The highest BCUT2D eigenvalue weighted by Gasteiger charge is 2.14. The Labute approximate surface area is 127 Å². The summed E-state index contributed by atoms with van der Waals surface area (Å²) in [6.45, 7) is 3.78. The fourth-order valence-electron chi connectivity index (χ4n) is 2.18. The summed E-state index contributed by atoms with van der Waals surface area (Å²) in [5, 5.41) is 2.53. The van der Waals surface area contributed by atoms with Gasteiger partial charge in [0.2, 0.25) is 0 Å². The Balaban J connectivity index is 2.16. The smallest absolute Gasteiger partial charge is 0.254 e. The van der Waals surface area contributed by atoms with Crippen LogP contribution >= 0.6 is 0 Å². The molecule has 1 heterocycles. The number of carbonyl (C=O) groups excluding carboxylic acids is 1. The predicted molar refractivity (Wildman–Crippen MR) is 77.8 cm³/mol. The van der Waals surface area contributed by atoms with Crippen LogP contribution in [0.1, 0.15) is 27.2 Å². The van der Waals surface area contributed by atoms with Gasteiger partial charge in [-0.3, -0.25) is 9.78 Å². The standard InChI is InChI=1S/C16H16F2N2O2/c1-9-7-19-14(10(2)15(9)22-3)8-20-16(21)12-6-11(17)4-5-13(12)18/h4-7H,8H2,1-3H3,(H,20,21). The number of pyridine rings is 1. The summed E-state index contributed by atoms with van der Waals surface area (Å²) in [4.78, 5) is 16.2. The minimum atomic E-state index is -0.773. The molecule has 1 N–H and O–H groups in total. The predicted octanol–water partition coefficient (Wildman–Crippen LogP) is 2.92. The van der Waals surface area contributed by atoms with E-state index in [1.165, 1.54) is 0 Å². The number of hydrogen-bond acceptors (Lipinski definition) is 3. The zero-order chi connectivity index (χ0) is 16.3. The van der Waals surface area contributed by atoms with Crippen LogP contribution in [0.25, 0.3) is 0 Å². The van der Waals surface area contributed by atoms with E-state index in [4.69, 9.17) is 4.74 Å². The molecule has 1 amide bonds. The highest BCUT2D eigenvalue weighted by Crippen LogP contribution is 2.23. The van der Waals surface area contributed by atoms with Gasteiger partial charge in [-0.05, 0) is 32.0 Å². The van der Waals surface area contributed by atoms with E-state index in [9.17, 15) is 13.6 Å². The molecule has 0 fully saturated rings. The van der Waals surface area contributed by atoms with Gasteiger partial charge in [0.05, 0.1) is 24.9 Å². The fraction of sp³-hybridized carbons (Fsp3) is 0.250. The van der Waals surface area contributed by atoms with Crippen molar-refractivity contribution in [2.75, 3.05) is 7.11 Å². The number of nitrogens with zero attached hydrogens (tertiary/aromatic N) is 1. The Morgan fingerprint density at radius 1 is 1.32 bits per heavy atom. The van der Waals surface area contributed by atoms with Gasteiger partial charge in [0.15, 0.2) is 0 Å². The minimum absolute atomic E-state index is 0.0945. The summed E-state index contributed by atoms with van der Waals surface area (Å²) >= 11 is 0. The molecule has 0 aliphatic heterocycles. The molecule has 2 aromatic rings. The first-order valence-electron chi connectivity index (χ1n) is 6.66. The number of amides is 1. The fourth-order valence-corrected chi connectivity index (χ4v) is 2.18. The molecular weight excluding hydrogens is 290 g/mol. The van der Waals surface area contributed by atoms with Gasteiger partial charge in [-0.25, -0.2) is 8.78 Å². The molecule has 116 valence electrons. The number of halogens is 2. The summed E-state index contributed by atoms with van der Waals surface area (Å²) in [7, 11) is 1.56. The second kappa shape index (κ2) is 6.51. The van der Waals surface area contributed by atoms with Crippen LogP contribution in [-0.2, 0) is 6.54 Å². The monoisotopic (exact) mass is 306 g/mol. The number of carbonyl (C=O) groups is 1. The van der Waals surface area contributed by atoms with Crippen molar-refractivity contribution < 1.29 is 18.3 Å². The van der Waals surface area contributed by atoms with E-state index in [2.05, 4.69) is 10.3 Å².